The first-order valence-corrected chi connectivity index (χ1v) is 7.02. The van der Waals surface area contributed by atoms with Gasteiger partial charge in [0.25, 0.3) is 0 Å². The summed E-state index contributed by atoms with van der Waals surface area (Å²) in [6.07, 6.45) is 2.78. The molecule has 3 nitrogen and oxygen atoms in total. The third kappa shape index (κ3) is 1.32. The van der Waals surface area contributed by atoms with E-state index < -0.39 is 5.41 Å². The number of aromatic nitrogens is 1. The van der Waals surface area contributed by atoms with Crippen molar-refractivity contribution in [3.8, 4) is 0 Å². The molecule has 3 aromatic rings. The lowest BCUT2D eigenvalue weighted by Crippen LogP contribution is -2.46. The van der Waals surface area contributed by atoms with Gasteiger partial charge in [-0.05, 0) is 24.5 Å². The molecular weight excluding hydrogens is 248 g/mol. The number of nitrogens with one attached hydrogen (secondary N) is 1. The van der Waals surface area contributed by atoms with Crippen LogP contribution in [0.1, 0.15) is 24.8 Å². The van der Waals surface area contributed by atoms with Crippen LogP contribution in [0.5, 0.6) is 0 Å². The number of hydrogen-bond acceptors (Lipinski definition) is 1. The Labute approximate surface area is 116 Å². The highest BCUT2D eigenvalue weighted by atomic mass is 16.1. The van der Waals surface area contributed by atoms with E-state index in [1.165, 1.54) is 10.8 Å². The molecule has 0 aliphatic heterocycles. The Morgan fingerprint density at radius 1 is 1.05 bits per heavy atom. The molecule has 2 aromatic carbocycles. The van der Waals surface area contributed by atoms with Crippen LogP contribution >= 0.6 is 0 Å². The van der Waals surface area contributed by atoms with Crippen molar-refractivity contribution in [2.45, 2.75) is 24.7 Å². The molecule has 0 saturated heterocycles. The predicted octanol–water partition coefficient (Wildman–Crippen LogP) is 3.23. The smallest absolute Gasteiger partial charge is 0.228 e. The quantitative estimate of drug-likeness (QED) is 0.733. The summed E-state index contributed by atoms with van der Waals surface area (Å²) in [4.78, 5) is 15.4. The molecule has 4 rings (SSSR count). The highest BCUT2D eigenvalue weighted by Gasteiger charge is 2.45. The van der Waals surface area contributed by atoms with E-state index in [9.17, 15) is 4.79 Å². The van der Waals surface area contributed by atoms with Gasteiger partial charge in [0.05, 0.1) is 10.9 Å². The number of fused-ring (bicyclic) bond motifs is 3. The zero-order valence-corrected chi connectivity index (χ0v) is 11.1. The average Bonchev–Trinajstić information content (AvgIpc) is 2.76. The lowest BCUT2D eigenvalue weighted by molar-refractivity contribution is -0.126. The van der Waals surface area contributed by atoms with Crippen molar-refractivity contribution in [1.82, 2.24) is 4.98 Å². The monoisotopic (exact) mass is 264 g/mol. The molecule has 0 unspecified atom stereocenters. The molecule has 1 amide bonds. The normalized spacial score (nSPS) is 17.2. The van der Waals surface area contributed by atoms with Crippen LogP contribution in [0.2, 0.25) is 0 Å². The average molecular weight is 264 g/mol. The van der Waals surface area contributed by atoms with Crippen LogP contribution in [0.4, 0.5) is 0 Å². The second-order valence-corrected chi connectivity index (χ2v) is 5.70. The molecule has 3 heteroatoms. The minimum absolute atomic E-state index is 0.199. The summed E-state index contributed by atoms with van der Waals surface area (Å²) in [5, 5.41) is 2.37. The fourth-order valence-electron chi connectivity index (χ4n) is 3.45. The fraction of sp³-hybridized carbons (Fsp3) is 0.235. The number of hydrogen-bond donors (Lipinski definition) is 2. The van der Waals surface area contributed by atoms with Gasteiger partial charge >= 0.3 is 0 Å². The van der Waals surface area contributed by atoms with Crippen molar-refractivity contribution in [3.63, 3.8) is 0 Å². The Hall–Kier alpha value is -2.29. The first kappa shape index (κ1) is 11.5. The molecule has 100 valence electrons. The van der Waals surface area contributed by atoms with Crippen LogP contribution in [0.3, 0.4) is 0 Å². The van der Waals surface area contributed by atoms with Crippen molar-refractivity contribution in [3.05, 3.63) is 48.0 Å². The lowest BCUT2D eigenvalue weighted by Gasteiger charge is -2.39. The van der Waals surface area contributed by atoms with E-state index in [2.05, 4.69) is 23.2 Å². The summed E-state index contributed by atoms with van der Waals surface area (Å²) in [6.45, 7) is 0. The van der Waals surface area contributed by atoms with Crippen molar-refractivity contribution in [2.75, 3.05) is 0 Å². The Balaban J connectivity index is 2.08. The molecule has 1 aliphatic carbocycles. The van der Waals surface area contributed by atoms with Crippen LogP contribution in [-0.2, 0) is 10.2 Å². The Morgan fingerprint density at radius 2 is 1.80 bits per heavy atom. The highest BCUT2D eigenvalue weighted by Crippen LogP contribution is 2.46. The molecule has 1 aliphatic rings. The molecule has 1 aromatic heterocycles. The van der Waals surface area contributed by atoms with Crippen LogP contribution < -0.4 is 5.73 Å². The molecular formula is C17H16N2O. The summed E-state index contributed by atoms with van der Waals surface area (Å²) in [7, 11) is 0. The Morgan fingerprint density at radius 3 is 2.50 bits per heavy atom. The van der Waals surface area contributed by atoms with Crippen molar-refractivity contribution in [2.24, 2.45) is 5.73 Å². The van der Waals surface area contributed by atoms with E-state index in [4.69, 9.17) is 5.73 Å². The standard InChI is InChI=1S/C17H16N2O/c18-16(20)17(9-4-10-17)13-7-3-6-12-11-5-1-2-8-14(11)19-15(12)13/h1-3,5-8,19H,4,9-10H2,(H2,18,20). The predicted molar refractivity (Wildman–Crippen MR) is 80.5 cm³/mol. The molecule has 0 bridgehead atoms. The molecule has 1 saturated carbocycles. The summed E-state index contributed by atoms with van der Waals surface area (Å²) in [5.41, 5.74) is 8.45. The second-order valence-electron chi connectivity index (χ2n) is 5.70. The van der Waals surface area contributed by atoms with Gasteiger partial charge in [-0.3, -0.25) is 4.79 Å². The lowest BCUT2D eigenvalue weighted by atomic mass is 9.63. The number of aromatic amines is 1. The van der Waals surface area contributed by atoms with Gasteiger partial charge in [0.1, 0.15) is 0 Å². The number of benzene rings is 2. The molecule has 0 radical (unpaired) electrons. The van der Waals surface area contributed by atoms with E-state index in [1.807, 2.05) is 24.3 Å². The molecule has 20 heavy (non-hydrogen) atoms. The number of rotatable bonds is 2. The van der Waals surface area contributed by atoms with Gasteiger partial charge in [-0.25, -0.2) is 0 Å². The SMILES string of the molecule is NC(=O)C1(c2cccc3c2[nH]c2ccccc23)CCC1. The maximum atomic E-state index is 12.0. The van der Waals surface area contributed by atoms with Gasteiger partial charge in [0.15, 0.2) is 0 Å². The topological polar surface area (TPSA) is 58.9 Å². The van der Waals surface area contributed by atoms with Crippen LogP contribution in [0.25, 0.3) is 21.8 Å². The third-order valence-corrected chi connectivity index (χ3v) is 4.74. The van der Waals surface area contributed by atoms with E-state index in [1.54, 1.807) is 0 Å². The van der Waals surface area contributed by atoms with Crippen LogP contribution in [-0.4, -0.2) is 10.9 Å². The maximum absolute atomic E-state index is 12.0. The van der Waals surface area contributed by atoms with Gasteiger partial charge < -0.3 is 10.7 Å². The number of amides is 1. The first-order valence-electron chi connectivity index (χ1n) is 7.02. The highest BCUT2D eigenvalue weighted by molar-refractivity contribution is 6.09. The second kappa shape index (κ2) is 3.85. The zero-order chi connectivity index (χ0) is 13.7. The Bertz CT molecular complexity index is 827. The molecule has 1 heterocycles. The number of carbonyl (C=O) groups is 1. The number of carbonyl (C=O) groups excluding carboxylic acids is 1. The summed E-state index contributed by atoms with van der Waals surface area (Å²) in [6, 6.07) is 14.4. The van der Waals surface area contributed by atoms with Gasteiger partial charge in [-0.15, -0.1) is 0 Å². The maximum Gasteiger partial charge on any atom is 0.228 e. The van der Waals surface area contributed by atoms with Gasteiger partial charge in [0.2, 0.25) is 5.91 Å². The number of H-pyrrole nitrogens is 1. The van der Waals surface area contributed by atoms with Gasteiger partial charge in [-0.1, -0.05) is 42.8 Å². The van der Waals surface area contributed by atoms with Crippen LogP contribution in [0, 0.1) is 0 Å². The molecule has 1 fully saturated rings. The molecule has 3 N–H and O–H groups in total. The van der Waals surface area contributed by atoms with Crippen molar-refractivity contribution < 1.29 is 4.79 Å². The van der Waals surface area contributed by atoms with Gasteiger partial charge in [0, 0.05) is 16.3 Å². The minimum Gasteiger partial charge on any atom is -0.369 e. The van der Waals surface area contributed by atoms with Crippen molar-refractivity contribution >= 4 is 27.7 Å². The van der Waals surface area contributed by atoms with E-state index in [0.717, 1.165) is 35.9 Å². The number of primary amides is 1. The molecule has 0 atom stereocenters. The Kier molecular flexibility index (Phi) is 2.22. The van der Waals surface area contributed by atoms with E-state index >= 15 is 0 Å². The number of para-hydroxylation sites is 2. The number of nitrogens with two attached hydrogens (primary N) is 1. The third-order valence-electron chi connectivity index (χ3n) is 4.74. The zero-order valence-electron chi connectivity index (χ0n) is 11.1. The van der Waals surface area contributed by atoms with Crippen molar-refractivity contribution in [1.29, 1.82) is 0 Å². The minimum atomic E-state index is -0.472. The summed E-state index contributed by atoms with van der Waals surface area (Å²) < 4.78 is 0. The first-order chi connectivity index (χ1) is 9.72. The van der Waals surface area contributed by atoms with E-state index in [0.29, 0.717) is 0 Å². The molecule has 0 spiro atoms. The largest absolute Gasteiger partial charge is 0.369 e. The fourth-order valence-corrected chi connectivity index (χ4v) is 3.45. The van der Waals surface area contributed by atoms with E-state index in [-0.39, 0.29) is 5.91 Å². The van der Waals surface area contributed by atoms with Gasteiger partial charge in [-0.2, -0.15) is 0 Å². The van der Waals surface area contributed by atoms with Crippen LogP contribution in [0.15, 0.2) is 42.5 Å². The summed E-state index contributed by atoms with van der Waals surface area (Å²) in [5.74, 6) is -0.199. The summed E-state index contributed by atoms with van der Waals surface area (Å²) >= 11 is 0.